The van der Waals surface area contributed by atoms with Gasteiger partial charge in [-0.3, -0.25) is 4.79 Å². The van der Waals surface area contributed by atoms with Crippen molar-refractivity contribution in [3.63, 3.8) is 0 Å². The molecule has 114 valence electrons. The molecular weight excluding hydrogens is 270 g/mol. The van der Waals surface area contributed by atoms with Gasteiger partial charge in [0.1, 0.15) is 12.2 Å². The molecule has 0 saturated carbocycles. The van der Waals surface area contributed by atoms with Gasteiger partial charge in [-0.1, -0.05) is 30.3 Å². The topological polar surface area (TPSA) is 64.6 Å². The number of hydrogen-bond donors (Lipinski definition) is 1. The Labute approximate surface area is 124 Å². The van der Waals surface area contributed by atoms with Gasteiger partial charge in [-0.2, -0.15) is 0 Å². The van der Waals surface area contributed by atoms with Gasteiger partial charge in [0, 0.05) is 0 Å². The van der Waals surface area contributed by atoms with E-state index < -0.39 is 11.7 Å². The molecule has 0 aromatic heterocycles. The van der Waals surface area contributed by atoms with E-state index in [9.17, 15) is 9.59 Å². The predicted octanol–water partition coefficient (Wildman–Crippen LogP) is 2.30. The summed E-state index contributed by atoms with van der Waals surface area (Å²) in [5.41, 5.74) is 0.472. The molecule has 1 amide bonds. The number of esters is 1. The Morgan fingerprint density at radius 2 is 2.00 bits per heavy atom. The quantitative estimate of drug-likeness (QED) is 0.868. The van der Waals surface area contributed by atoms with Gasteiger partial charge < -0.3 is 14.8 Å². The van der Waals surface area contributed by atoms with Crippen molar-refractivity contribution < 1.29 is 19.1 Å². The van der Waals surface area contributed by atoms with Crippen molar-refractivity contribution in [3.8, 4) is 0 Å². The van der Waals surface area contributed by atoms with Crippen molar-refractivity contribution >= 4 is 12.1 Å². The summed E-state index contributed by atoms with van der Waals surface area (Å²) in [4.78, 5) is 23.7. The lowest BCUT2D eigenvalue weighted by Crippen LogP contribution is -2.43. The molecule has 1 aromatic carbocycles. The minimum Gasteiger partial charge on any atom is -0.463 e. The third-order valence-corrected chi connectivity index (χ3v) is 3.19. The van der Waals surface area contributed by atoms with Gasteiger partial charge in [-0.05, 0) is 32.8 Å². The maximum absolute atomic E-state index is 11.8. The third-order valence-electron chi connectivity index (χ3n) is 3.19. The summed E-state index contributed by atoms with van der Waals surface area (Å²) in [5.74, 6) is -0.653. The first-order valence-electron chi connectivity index (χ1n) is 7.05. The fourth-order valence-corrected chi connectivity index (χ4v) is 2.25. The summed E-state index contributed by atoms with van der Waals surface area (Å²) in [6, 6.07) is 9.32. The Kier molecular flexibility index (Phi) is 4.50. The zero-order chi connectivity index (χ0) is 15.5. The number of cyclic esters (lactones) is 1. The van der Waals surface area contributed by atoms with Crippen LogP contribution in [0.4, 0.5) is 4.79 Å². The molecule has 1 fully saturated rings. The number of benzene rings is 1. The van der Waals surface area contributed by atoms with Gasteiger partial charge in [0.25, 0.3) is 0 Å². The Morgan fingerprint density at radius 3 is 2.62 bits per heavy atom. The Morgan fingerprint density at radius 1 is 1.33 bits per heavy atom. The largest absolute Gasteiger partial charge is 0.463 e. The smallest absolute Gasteiger partial charge is 0.408 e. The molecule has 1 heterocycles. The van der Waals surface area contributed by atoms with Gasteiger partial charge in [0.2, 0.25) is 0 Å². The van der Waals surface area contributed by atoms with Gasteiger partial charge in [0.05, 0.1) is 12.0 Å². The van der Waals surface area contributed by atoms with Gasteiger partial charge in [0.15, 0.2) is 0 Å². The van der Waals surface area contributed by atoms with Gasteiger partial charge in [-0.15, -0.1) is 0 Å². The number of hydrogen-bond acceptors (Lipinski definition) is 4. The van der Waals surface area contributed by atoms with Crippen LogP contribution < -0.4 is 5.32 Å². The van der Waals surface area contributed by atoms with Crippen LogP contribution in [0.2, 0.25) is 0 Å². The van der Waals surface area contributed by atoms with E-state index in [1.54, 1.807) is 20.8 Å². The maximum Gasteiger partial charge on any atom is 0.408 e. The number of amides is 1. The summed E-state index contributed by atoms with van der Waals surface area (Å²) < 4.78 is 10.3. The van der Waals surface area contributed by atoms with Crippen molar-refractivity contribution in [3.05, 3.63) is 35.9 Å². The summed E-state index contributed by atoms with van der Waals surface area (Å²) in [7, 11) is 0. The van der Waals surface area contributed by atoms with Crippen LogP contribution in [-0.2, 0) is 20.7 Å². The normalized spacial score (nSPS) is 21.8. The summed E-state index contributed by atoms with van der Waals surface area (Å²) in [5, 5.41) is 2.73. The molecule has 5 nitrogen and oxygen atoms in total. The van der Waals surface area contributed by atoms with E-state index in [0.29, 0.717) is 6.42 Å². The molecule has 0 bridgehead atoms. The zero-order valence-corrected chi connectivity index (χ0v) is 12.6. The molecule has 0 spiro atoms. The average Bonchev–Trinajstić information content (AvgIpc) is 2.70. The van der Waals surface area contributed by atoms with E-state index in [2.05, 4.69) is 5.32 Å². The summed E-state index contributed by atoms with van der Waals surface area (Å²) in [6.45, 7) is 5.58. The van der Waals surface area contributed by atoms with E-state index in [4.69, 9.17) is 9.47 Å². The van der Waals surface area contributed by atoms with Crippen molar-refractivity contribution in [1.29, 1.82) is 0 Å². The molecular formula is C16H21NO4. The van der Waals surface area contributed by atoms with Crippen LogP contribution in [0.5, 0.6) is 0 Å². The van der Waals surface area contributed by atoms with E-state index >= 15 is 0 Å². The number of ether oxygens (including phenoxy) is 2. The Bertz CT molecular complexity index is 507. The molecule has 0 unspecified atom stereocenters. The molecule has 1 aliphatic rings. The standard InChI is InChI=1S/C16H21NO4/c1-16(2,3)21-15(19)17-13-10-20-14(18)12(13)9-11-7-5-4-6-8-11/h4-8,12-13H,9-10H2,1-3H3,(H,17,19)/t12-,13-/m0/s1. The minimum atomic E-state index is -0.567. The van der Waals surface area contributed by atoms with Crippen LogP contribution in [0.25, 0.3) is 0 Å². The lowest BCUT2D eigenvalue weighted by Gasteiger charge is -2.22. The second-order valence-corrected chi connectivity index (χ2v) is 6.18. The van der Waals surface area contributed by atoms with Crippen molar-refractivity contribution in [2.45, 2.75) is 38.8 Å². The fourth-order valence-electron chi connectivity index (χ4n) is 2.25. The first kappa shape index (κ1) is 15.4. The summed E-state index contributed by atoms with van der Waals surface area (Å²) in [6.07, 6.45) is 0.0176. The average molecular weight is 291 g/mol. The number of alkyl carbamates (subject to hydrolysis) is 1. The highest BCUT2D eigenvalue weighted by atomic mass is 16.6. The highest BCUT2D eigenvalue weighted by molar-refractivity contribution is 5.78. The van der Waals surface area contributed by atoms with Crippen LogP contribution in [0.1, 0.15) is 26.3 Å². The van der Waals surface area contributed by atoms with Crippen molar-refractivity contribution in [1.82, 2.24) is 5.32 Å². The Hall–Kier alpha value is -2.04. The molecule has 0 aliphatic carbocycles. The number of rotatable bonds is 3. The van der Waals surface area contributed by atoms with Crippen LogP contribution in [-0.4, -0.2) is 30.3 Å². The highest BCUT2D eigenvalue weighted by Gasteiger charge is 2.38. The summed E-state index contributed by atoms with van der Waals surface area (Å²) >= 11 is 0. The molecule has 2 atom stereocenters. The van der Waals surface area contributed by atoms with Crippen molar-refractivity contribution in [2.75, 3.05) is 6.61 Å². The van der Waals surface area contributed by atoms with E-state index in [0.717, 1.165) is 5.56 Å². The lowest BCUT2D eigenvalue weighted by atomic mass is 9.94. The second-order valence-electron chi connectivity index (χ2n) is 6.18. The molecule has 5 heteroatoms. The first-order valence-corrected chi connectivity index (χ1v) is 7.05. The second kappa shape index (κ2) is 6.16. The van der Waals surface area contributed by atoms with Crippen LogP contribution in [0.15, 0.2) is 30.3 Å². The number of nitrogens with one attached hydrogen (secondary N) is 1. The maximum atomic E-state index is 11.8. The van der Waals surface area contributed by atoms with E-state index in [1.165, 1.54) is 0 Å². The van der Waals surface area contributed by atoms with Crippen molar-refractivity contribution in [2.24, 2.45) is 5.92 Å². The molecule has 2 rings (SSSR count). The molecule has 1 saturated heterocycles. The predicted molar refractivity (Wildman–Crippen MR) is 77.8 cm³/mol. The number of carbonyl (C=O) groups excluding carboxylic acids is 2. The molecule has 1 aliphatic heterocycles. The third kappa shape index (κ3) is 4.48. The molecule has 0 radical (unpaired) electrons. The van der Waals surface area contributed by atoms with E-state index in [-0.39, 0.29) is 24.5 Å². The Balaban J connectivity index is 1.98. The van der Waals surface area contributed by atoms with Gasteiger partial charge >= 0.3 is 12.1 Å². The first-order chi connectivity index (χ1) is 9.85. The SMILES string of the molecule is CC(C)(C)OC(=O)N[C@H]1COC(=O)[C@H]1Cc1ccccc1. The lowest BCUT2D eigenvalue weighted by molar-refractivity contribution is -0.141. The van der Waals surface area contributed by atoms with Crippen LogP contribution in [0.3, 0.4) is 0 Å². The highest BCUT2D eigenvalue weighted by Crippen LogP contribution is 2.21. The van der Waals surface area contributed by atoms with Crippen LogP contribution in [0, 0.1) is 5.92 Å². The van der Waals surface area contributed by atoms with E-state index in [1.807, 2.05) is 30.3 Å². The molecule has 21 heavy (non-hydrogen) atoms. The molecule has 1 aromatic rings. The van der Waals surface area contributed by atoms with Crippen LogP contribution >= 0.6 is 0 Å². The number of carbonyl (C=O) groups is 2. The molecule has 1 N–H and O–H groups in total. The monoisotopic (exact) mass is 291 g/mol. The fraction of sp³-hybridized carbons (Fsp3) is 0.500. The zero-order valence-electron chi connectivity index (χ0n) is 12.6. The minimum absolute atomic E-state index is 0.190. The van der Waals surface area contributed by atoms with Gasteiger partial charge in [-0.25, -0.2) is 4.79 Å².